The third kappa shape index (κ3) is 6.34. The predicted octanol–water partition coefficient (Wildman–Crippen LogP) is 4.61. The van der Waals surface area contributed by atoms with E-state index in [0.29, 0.717) is 12.6 Å². The topological polar surface area (TPSA) is 49.0 Å². The maximum atomic E-state index is 5.80. The van der Waals surface area contributed by atoms with Crippen molar-refractivity contribution in [2.24, 2.45) is 0 Å². The number of nitrogens with one attached hydrogen (secondary N) is 1. The molecule has 2 aromatic carbocycles. The van der Waals surface area contributed by atoms with Gasteiger partial charge >= 0.3 is 0 Å². The highest BCUT2D eigenvalue weighted by Gasteiger charge is 2.10. The summed E-state index contributed by atoms with van der Waals surface area (Å²) < 4.78 is 22.0. The van der Waals surface area contributed by atoms with Crippen LogP contribution in [0, 0.1) is 0 Å². The smallest absolute Gasteiger partial charge is 0.161 e. The predicted molar refractivity (Wildman–Crippen MR) is 113 cm³/mol. The third-order valence-corrected chi connectivity index (χ3v) is 4.63. The van der Waals surface area contributed by atoms with Crippen LogP contribution in [-0.4, -0.2) is 34.0 Å². The Morgan fingerprint density at radius 2 is 1.43 bits per heavy atom. The molecule has 2 aromatic rings. The van der Waals surface area contributed by atoms with Crippen LogP contribution in [0.25, 0.3) is 0 Å². The van der Waals surface area contributed by atoms with Crippen molar-refractivity contribution < 1.29 is 18.9 Å². The van der Waals surface area contributed by atoms with Gasteiger partial charge in [-0.15, -0.1) is 0 Å². The molecular formula is C23H33NO4. The first kappa shape index (κ1) is 21.9. The van der Waals surface area contributed by atoms with Gasteiger partial charge in [0.05, 0.1) is 27.9 Å². The molecule has 0 unspecified atom stereocenters. The highest BCUT2D eigenvalue weighted by molar-refractivity contribution is 5.44. The minimum absolute atomic E-state index is 0.310. The van der Waals surface area contributed by atoms with Gasteiger partial charge in [-0.3, -0.25) is 0 Å². The van der Waals surface area contributed by atoms with Gasteiger partial charge in [0.15, 0.2) is 23.0 Å². The summed E-state index contributed by atoms with van der Waals surface area (Å²) >= 11 is 0. The van der Waals surface area contributed by atoms with E-state index in [1.54, 1.807) is 21.3 Å². The molecule has 0 radical (unpaired) electrons. The van der Waals surface area contributed by atoms with Gasteiger partial charge in [0, 0.05) is 12.6 Å². The SMILES string of the molecule is CCCCOc1ccc(CN[C@H](C)Cc2ccc(OC)c(OC)c2)cc1OC. The van der Waals surface area contributed by atoms with Gasteiger partial charge in [-0.1, -0.05) is 25.5 Å². The average Bonchev–Trinajstić information content (AvgIpc) is 2.72. The molecular weight excluding hydrogens is 354 g/mol. The van der Waals surface area contributed by atoms with Crippen LogP contribution in [0.15, 0.2) is 36.4 Å². The Bertz CT molecular complexity index is 733. The quantitative estimate of drug-likeness (QED) is 0.539. The second-order valence-corrected chi connectivity index (χ2v) is 6.86. The van der Waals surface area contributed by atoms with Gasteiger partial charge in [-0.25, -0.2) is 0 Å². The molecule has 5 heteroatoms. The number of methoxy groups -OCH3 is 3. The monoisotopic (exact) mass is 387 g/mol. The van der Waals surface area contributed by atoms with Crippen molar-refractivity contribution in [2.45, 2.75) is 45.7 Å². The van der Waals surface area contributed by atoms with Crippen molar-refractivity contribution in [3.63, 3.8) is 0 Å². The lowest BCUT2D eigenvalue weighted by Gasteiger charge is -2.17. The Kier molecular flexibility index (Phi) is 8.95. The summed E-state index contributed by atoms with van der Waals surface area (Å²) in [4.78, 5) is 0. The molecule has 5 nitrogen and oxygen atoms in total. The zero-order valence-electron chi connectivity index (χ0n) is 17.7. The Morgan fingerprint density at radius 3 is 2.11 bits per heavy atom. The van der Waals surface area contributed by atoms with Gasteiger partial charge in [0.25, 0.3) is 0 Å². The molecule has 0 spiro atoms. The number of benzene rings is 2. The molecule has 28 heavy (non-hydrogen) atoms. The molecule has 1 N–H and O–H groups in total. The number of ether oxygens (including phenoxy) is 4. The van der Waals surface area contributed by atoms with Crippen molar-refractivity contribution >= 4 is 0 Å². The normalized spacial score (nSPS) is 11.8. The number of unbranched alkanes of at least 4 members (excludes halogenated alkanes) is 1. The minimum atomic E-state index is 0.310. The molecule has 0 heterocycles. The van der Waals surface area contributed by atoms with Crippen LogP contribution in [0.4, 0.5) is 0 Å². The lowest BCUT2D eigenvalue weighted by molar-refractivity contribution is 0.288. The van der Waals surface area contributed by atoms with Crippen LogP contribution in [0.5, 0.6) is 23.0 Å². The highest BCUT2D eigenvalue weighted by atomic mass is 16.5. The first-order valence-corrected chi connectivity index (χ1v) is 9.85. The first-order valence-electron chi connectivity index (χ1n) is 9.85. The molecule has 0 saturated carbocycles. The molecule has 0 fully saturated rings. The summed E-state index contributed by atoms with van der Waals surface area (Å²) in [7, 11) is 4.99. The number of hydrogen-bond donors (Lipinski definition) is 1. The molecule has 2 rings (SSSR count). The number of hydrogen-bond acceptors (Lipinski definition) is 5. The lowest BCUT2D eigenvalue weighted by Crippen LogP contribution is -2.27. The molecule has 0 saturated heterocycles. The second-order valence-electron chi connectivity index (χ2n) is 6.86. The van der Waals surface area contributed by atoms with Crippen LogP contribution in [0.2, 0.25) is 0 Å². The maximum absolute atomic E-state index is 5.80. The maximum Gasteiger partial charge on any atom is 0.161 e. The van der Waals surface area contributed by atoms with Crippen molar-refractivity contribution in [1.29, 1.82) is 0 Å². The van der Waals surface area contributed by atoms with Crippen molar-refractivity contribution in [3.8, 4) is 23.0 Å². The Balaban J connectivity index is 1.92. The van der Waals surface area contributed by atoms with Crippen LogP contribution >= 0.6 is 0 Å². The Morgan fingerprint density at radius 1 is 0.821 bits per heavy atom. The van der Waals surface area contributed by atoms with Crippen LogP contribution in [0.1, 0.15) is 37.8 Å². The van der Waals surface area contributed by atoms with E-state index < -0.39 is 0 Å². The summed E-state index contributed by atoms with van der Waals surface area (Å²) in [6.07, 6.45) is 3.05. The van der Waals surface area contributed by atoms with E-state index in [2.05, 4.69) is 31.3 Å². The van der Waals surface area contributed by atoms with Crippen LogP contribution in [0.3, 0.4) is 0 Å². The van der Waals surface area contributed by atoms with E-state index in [-0.39, 0.29) is 0 Å². The molecule has 0 amide bonds. The Labute approximate surface area is 169 Å². The van der Waals surface area contributed by atoms with Gasteiger partial charge in [0.1, 0.15) is 0 Å². The second kappa shape index (κ2) is 11.4. The fraction of sp³-hybridized carbons (Fsp3) is 0.478. The highest BCUT2D eigenvalue weighted by Crippen LogP contribution is 2.29. The standard InChI is InChI=1S/C23H33NO4/c1-6-7-12-28-21-11-9-19(15-23(21)27-5)16-24-17(2)13-18-8-10-20(25-3)22(14-18)26-4/h8-11,14-15,17,24H,6-7,12-13,16H2,1-5H3/t17-/m1/s1. The largest absolute Gasteiger partial charge is 0.493 e. The van der Waals surface area contributed by atoms with E-state index in [1.807, 2.05) is 24.3 Å². The zero-order chi connectivity index (χ0) is 20.4. The summed E-state index contributed by atoms with van der Waals surface area (Å²) in [5.74, 6) is 3.09. The molecule has 0 aromatic heterocycles. The summed E-state index contributed by atoms with van der Waals surface area (Å²) in [6.45, 7) is 5.81. The molecule has 1 atom stereocenters. The summed E-state index contributed by atoms with van der Waals surface area (Å²) in [5, 5.41) is 3.57. The fourth-order valence-electron chi connectivity index (χ4n) is 2.99. The van der Waals surface area contributed by atoms with E-state index in [1.165, 1.54) is 11.1 Å². The van der Waals surface area contributed by atoms with E-state index in [0.717, 1.165) is 48.8 Å². The fourth-order valence-corrected chi connectivity index (χ4v) is 2.99. The average molecular weight is 388 g/mol. The zero-order valence-corrected chi connectivity index (χ0v) is 17.7. The molecule has 0 bridgehead atoms. The van der Waals surface area contributed by atoms with Crippen LogP contribution in [-0.2, 0) is 13.0 Å². The summed E-state index contributed by atoms with van der Waals surface area (Å²) in [5.41, 5.74) is 2.37. The van der Waals surface area contributed by atoms with Crippen molar-refractivity contribution in [1.82, 2.24) is 5.32 Å². The van der Waals surface area contributed by atoms with E-state index >= 15 is 0 Å². The van der Waals surface area contributed by atoms with E-state index in [4.69, 9.17) is 18.9 Å². The third-order valence-electron chi connectivity index (χ3n) is 4.63. The molecule has 0 aliphatic rings. The minimum Gasteiger partial charge on any atom is -0.493 e. The molecule has 0 aliphatic carbocycles. The van der Waals surface area contributed by atoms with Crippen molar-refractivity contribution in [3.05, 3.63) is 47.5 Å². The summed E-state index contributed by atoms with van der Waals surface area (Å²) in [6, 6.07) is 12.5. The van der Waals surface area contributed by atoms with Gasteiger partial charge < -0.3 is 24.3 Å². The molecule has 154 valence electrons. The van der Waals surface area contributed by atoms with Gasteiger partial charge in [-0.2, -0.15) is 0 Å². The van der Waals surface area contributed by atoms with Crippen LogP contribution < -0.4 is 24.3 Å². The number of rotatable bonds is 12. The van der Waals surface area contributed by atoms with Gasteiger partial charge in [0.2, 0.25) is 0 Å². The first-order chi connectivity index (χ1) is 13.6. The van der Waals surface area contributed by atoms with Crippen molar-refractivity contribution in [2.75, 3.05) is 27.9 Å². The Hall–Kier alpha value is -2.40. The van der Waals surface area contributed by atoms with Gasteiger partial charge in [-0.05, 0) is 55.2 Å². The van der Waals surface area contributed by atoms with E-state index in [9.17, 15) is 0 Å². The molecule has 0 aliphatic heterocycles. The lowest BCUT2D eigenvalue weighted by atomic mass is 10.1.